The molecule has 0 bridgehead atoms. The molecule has 3 N–H and O–H groups in total. The second-order valence-electron chi connectivity index (χ2n) is 3.77. The van der Waals surface area contributed by atoms with Gasteiger partial charge in [-0.1, -0.05) is 18.5 Å². The first-order valence-electron chi connectivity index (χ1n) is 5.45. The van der Waals surface area contributed by atoms with Crippen molar-refractivity contribution in [2.45, 2.75) is 25.8 Å². The molecule has 0 aromatic heterocycles. The van der Waals surface area contributed by atoms with E-state index in [-0.39, 0.29) is 18.4 Å². The van der Waals surface area contributed by atoms with Crippen LogP contribution >= 0.6 is 11.6 Å². The normalized spacial score (nSPS) is 12.0. The molecule has 0 aliphatic heterocycles. The quantitative estimate of drug-likeness (QED) is 0.850. The van der Waals surface area contributed by atoms with E-state index in [1.807, 2.05) is 6.92 Å². The zero-order valence-electron chi connectivity index (χ0n) is 10.00. The van der Waals surface area contributed by atoms with E-state index in [1.54, 1.807) is 18.2 Å². The van der Waals surface area contributed by atoms with Gasteiger partial charge in [-0.3, -0.25) is 4.79 Å². The summed E-state index contributed by atoms with van der Waals surface area (Å²) in [5, 5.41) is 3.28. The number of carbonyl (C=O) groups excluding carboxylic acids is 1. The van der Waals surface area contributed by atoms with E-state index in [9.17, 15) is 4.79 Å². The Morgan fingerprint density at radius 3 is 2.88 bits per heavy atom. The molecule has 0 spiro atoms. The minimum Gasteiger partial charge on any atom is -0.495 e. The molecule has 4 nitrogen and oxygen atoms in total. The van der Waals surface area contributed by atoms with Gasteiger partial charge in [0.1, 0.15) is 5.75 Å². The second-order valence-corrected chi connectivity index (χ2v) is 4.20. The Morgan fingerprint density at radius 2 is 2.29 bits per heavy atom. The molecule has 1 atom stereocenters. The fraction of sp³-hybridized carbons (Fsp3) is 0.417. The van der Waals surface area contributed by atoms with Crippen molar-refractivity contribution < 1.29 is 9.53 Å². The standard InChI is InChI=1S/C12H17ClN2O2/c1-3-9(14)7-12(16)15-10-6-8(13)4-5-11(10)17-2/h4-6,9H,3,7,14H2,1-2H3,(H,15,16). The van der Waals surface area contributed by atoms with Gasteiger partial charge in [0.25, 0.3) is 0 Å². The van der Waals surface area contributed by atoms with Crippen LogP contribution < -0.4 is 15.8 Å². The summed E-state index contributed by atoms with van der Waals surface area (Å²) in [5.74, 6) is 0.438. The van der Waals surface area contributed by atoms with Crippen LogP contribution in [0.4, 0.5) is 5.69 Å². The average molecular weight is 257 g/mol. The maximum Gasteiger partial charge on any atom is 0.226 e. The summed E-state index contributed by atoms with van der Waals surface area (Å²) in [6, 6.07) is 4.93. The number of halogens is 1. The summed E-state index contributed by atoms with van der Waals surface area (Å²) in [4.78, 5) is 11.7. The van der Waals surface area contributed by atoms with Crippen LogP contribution in [0.1, 0.15) is 19.8 Å². The van der Waals surface area contributed by atoms with Gasteiger partial charge >= 0.3 is 0 Å². The number of hydrogen-bond acceptors (Lipinski definition) is 3. The third-order valence-electron chi connectivity index (χ3n) is 2.41. The van der Waals surface area contributed by atoms with Gasteiger partial charge in [0.2, 0.25) is 5.91 Å². The number of anilines is 1. The Kier molecular flexibility index (Phi) is 5.25. The second kappa shape index (κ2) is 6.47. The number of hydrogen-bond donors (Lipinski definition) is 2. The molecule has 0 aliphatic carbocycles. The Morgan fingerprint density at radius 1 is 1.59 bits per heavy atom. The molecule has 94 valence electrons. The maximum absolute atomic E-state index is 11.7. The van der Waals surface area contributed by atoms with Crippen molar-refractivity contribution in [2.24, 2.45) is 5.73 Å². The maximum atomic E-state index is 11.7. The number of carbonyl (C=O) groups is 1. The first kappa shape index (κ1) is 13.8. The molecule has 0 saturated carbocycles. The molecule has 0 fully saturated rings. The smallest absolute Gasteiger partial charge is 0.226 e. The van der Waals surface area contributed by atoms with Gasteiger partial charge in [0.05, 0.1) is 12.8 Å². The molecule has 1 aromatic rings. The van der Waals surface area contributed by atoms with Crippen LogP contribution in [-0.2, 0) is 4.79 Å². The van der Waals surface area contributed by atoms with Crippen LogP contribution in [0.5, 0.6) is 5.75 Å². The average Bonchev–Trinajstić information content (AvgIpc) is 2.29. The van der Waals surface area contributed by atoms with E-state index in [0.717, 1.165) is 6.42 Å². The topological polar surface area (TPSA) is 64.4 Å². The van der Waals surface area contributed by atoms with Gasteiger partial charge in [-0.2, -0.15) is 0 Å². The Bertz CT molecular complexity index is 396. The van der Waals surface area contributed by atoms with Crippen molar-refractivity contribution in [3.05, 3.63) is 23.2 Å². The van der Waals surface area contributed by atoms with E-state index in [0.29, 0.717) is 16.5 Å². The Labute approximate surface area is 106 Å². The first-order chi connectivity index (χ1) is 8.06. The zero-order chi connectivity index (χ0) is 12.8. The molecule has 1 rings (SSSR count). The largest absolute Gasteiger partial charge is 0.495 e. The number of amides is 1. The molecule has 17 heavy (non-hydrogen) atoms. The van der Waals surface area contributed by atoms with Gasteiger partial charge in [-0.05, 0) is 24.6 Å². The lowest BCUT2D eigenvalue weighted by Gasteiger charge is -2.12. The van der Waals surface area contributed by atoms with Crippen LogP contribution in [0, 0.1) is 0 Å². The lowest BCUT2D eigenvalue weighted by Crippen LogP contribution is -2.26. The summed E-state index contributed by atoms with van der Waals surface area (Å²) in [6.07, 6.45) is 1.05. The number of nitrogens with one attached hydrogen (secondary N) is 1. The number of nitrogens with two attached hydrogens (primary N) is 1. The Hall–Kier alpha value is -1.26. The van der Waals surface area contributed by atoms with E-state index < -0.39 is 0 Å². The molecule has 5 heteroatoms. The molecule has 0 radical (unpaired) electrons. The van der Waals surface area contributed by atoms with E-state index >= 15 is 0 Å². The van der Waals surface area contributed by atoms with Crippen LogP contribution in [-0.4, -0.2) is 19.1 Å². The lowest BCUT2D eigenvalue weighted by molar-refractivity contribution is -0.116. The summed E-state index contributed by atoms with van der Waals surface area (Å²) in [7, 11) is 1.54. The number of methoxy groups -OCH3 is 1. The van der Waals surface area contributed by atoms with Gasteiger partial charge in [0.15, 0.2) is 0 Å². The van der Waals surface area contributed by atoms with E-state index in [4.69, 9.17) is 22.1 Å². The molecule has 0 saturated heterocycles. The predicted molar refractivity (Wildman–Crippen MR) is 69.5 cm³/mol. The fourth-order valence-electron chi connectivity index (χ4n) is 1.36. The molecular weight excluding hydrogens is 240 g/mol. The first-order valence-corrected chi connectivity index (χ1v) is 5.83. The lowest BCUT2D eigenvalue weighted by atomic mass is 10.1. The van der Waals surface area contributed by atoms with Crippen molar-refractivity contribution in [2.75, 3.05) is 12.4 Å². The number of benzene rings is 1. The van der Waals surface area contributed by atoms with Gasteiger partial charge < -0.3 is 15.8 Å². The molecule has 0 aliphatic rings. The van der Waals surface area contributed by atoms with Crippen molar-refractivity contribution in [3.63, 3.8) is 0 Å². The van der Waals surface area contributed by atoms with Crippen molar-refractivity contribution >= 4 is 23.2 Å². The molecule has 1 amide bonds. The Balaban J connectivity index is 2.73. The number of ether oxygens (including phenoxy) is 1. The van der Waals surface area contributed by atoms with E-state index in [2.05, 4.69) is 5.32 Å². The highest BCUT2D eigenvalue weighted by atomic mass is 35.5. The molecule has 1 aromatic carbocycles. The van der Waals surface area contributed by atoms with Crippen LogP contribution in [0.3, 0.4) is 0 Å². The fourth-order valence-corrected chi connectivity index (χ4v) is 1.53. The number of rotatable bonds is 5. The van der Waals surface area contributed by atoms with E-state index in [1.165, 1.54) is 7.11 Å². The van der Waals surface area contributed by atoms with Crippen molar-refractivity contribution in [1.29, 1.82) is 0 Å². The van der Waals surface area contributed by atoms with Gasteiger partial charge in [-0.25, -0.2) is 0 Å². The summed E-state index contributed by atoms with van der Waals surface area (Å²) in [5.41, 5.74) is 6.27. The highest BCUT2D eigenvalue weighted by Gasteiger charge is 2.11. The third-order valence-corrected chi connectivity index (χ3v) is 2.64. The van der Waals surface area contributed by atoms with Crippen molar-refractivity contribution in [1.82, 2.24) is 0 Å². The summed E-state index contributed by atoms with van der Waals surface area (Å²) >= 11 is 5.86. The minimum absolute atomic E-state index is 0.125. The summed E-state index contributed by atoms with van der Waals surface area (Å²) in [6.45, 7) is 1.94. The highest BCUT2D eigenvalue weighted by molar-refractivity contribution is 6.31. The monoisotopic (exact) mass is 256 g/mol. The third kappa shape index (κ3) is 4.24. The van der Waals surface area contributed by atoms with Crippen LogP contribution in [0.2, 0.25) is 5.02 Å². The minimum atomic E-state index is -0.139. The highest BCUT2D eigenvalue weighted by Crippen LogP contribution is 2.27. The van der Waals surface area contributed by atoms with Gasteiger partial charge in [0, 0.05) is 17.5 Å². The predicted octanol–water partition coefficient (Wildman–Crippen LogP) is 2.41. The van der Waals surface area contributed by atoms with Gasteiger partial charge in [-0.15, -0.1) is 0 Å². The van der Waals surface area contributed by atoms with Crippen molar-refractivity contribution in [3.8, 4) is 5.75 Å². The van der Waals surface area contributed by atoms with Crippen LogP contribution in [0.25, 0.3) is 0 Å². The molecule has 1 unspecified atom stereocenters. The molecule has 0 heterocycles. The SMILES string of the molecule is CCC(N)CC(=O)Nc1cc(Cl)ccc1OC. The molecular formula is C12H17ClN2O2. The van der Waals surface area contributed by atoms with Crippen LogP contribution in [0.15, 0.2) is 18.2 Å². The zero-order valence-corrected chi connectivity index (χ0v) is 10.8. The summed E-state index contributed by atoms with van der Waals surface area (Å²) < 4.78 is 5.13.